The molecule has 1 aliphatic rings. The van der Waals surface area contributed by atoms with Crippen LogP contribution in [0, 0.1) is 0 Å². The lowest BCUT2D eigenvalue weighted by atomic mass is 9.97. The summed E-state index contributed by atoms with van der Waals surface area (Å²) >= 11 is 5.93. The first-order valence-electron chi connectivity index (χ1n) is 9.93. The normalized spacial score (nSPS) is 15.6. The summed E-state index contributed by atoms with van der Waals surface area (Å²) in [6, 6.07) is 22.6. The van der Waals surface area contributed by atoms with Crippen LogP contribution in [0.3, 0.4) is 0 Å². The van der Waals surface area contributed by atoms with Gasteiger partial charge in [-0.2, -0.15) is 0 Å². The molecule has 3 nitrogen and oxygen atoms in total. The van der Waals surface area contributed by atoms with E-state index in [9.17, 15) is 4.79 Å². The Hall–Kier alpha value is -2.36. The lowest BCUT2D eigenvalue weighted by Crippen LogP contribution is -2.37. The van der Waals surface area contributed by atoms with Crippen molar-refractivity contribution in [3.63, 3.8) is 0 Å². The number of carbonyl (C=O) groups is 1. The number of carbonyl (C=O) groups excluding carboxylic acids is 1. The van der Waals surface area contributed by atoms with Crippen LogP contribution in [0.25, 0.3) is 10.8 Å². The Balaban J connectivity index is 1.52. The largest absolute Gasteiger partial charge is 0.354 e. The summed E-state index contributed by atoms with van der Waals surface area (Å²) in [5, 5.41) is 6.38. The quantitative estimate of drug-likeness (QED) is 0.641. The van der Waals surface area contributed by atoms with Crippen LogP contribution in [0.15, 0.2) is 66.7 Å². The Morgan fingerprint density at radius 1 is 0.964 bits per heavy atom. The molecule has 1 atom stereocenters. The monoisotopic (exact) mass is 392 g/mol. The predicted molar refractivity (Wildman–Crippen MR) is 116 cm³/mol. The van der Waals surface area contributed by atoms with Gasteiger partial charge < -0.3 is 5.32 Å². The number of likely N-dealkylation sites (tertiary alicyclic amines) is 1. The second-order valence-electron chi connectivity index (χ2n) is 7.43. The van der Waals surface area contributed by atoms with Gasteiger partial charge in [0.1, 0.15) is 0 Å². The van der Waals surface area contributed by atoms with Gasteiger partial charge in [-0.05, 0) is 60.0 Å². The molecule has 0 bridgehead atoms. The highest BCUT2D eigenvalue weighted by Crippen LogP contribution is 2.30. The fourth-order valence-corrected chi connectivity index (χ4v) is 4.22. The van der Waals surface area contributed by atoms with Gasteiger partial charge in [-0.25, -0.2) is 0 Å². The highest BCUT2D eigenvalue weighted by Gasteiger charge is 2.25. The van der Waals surface area contributed by atoms with E-state index in [1.54, 1.807) is 0 Å². The lowest BCUT2D eigenvalue weighted by molar-refractivity contribution is -0.120. The molecule has 4 rings (SSSR count). The van der Waals surface area contributed by atoms with Crippen LogP contribution in [-0.4, -0.2) is 30.4 Å². The third-order valence-corrected chi connectivity index (χ3v) is 5.79. The van der Waals surface area contributed by atoms with Gasteiger partial charge in [-0.15, -0.1) is 0 Å². The van der Waals surface area contributed by atoms with E-state index in [0.717, 1.165) is 18.7 Å². The van der Waals surface area contributed by atoms with E-state index in [0.29, 0.717) is 18.0 Å². The maximum Gasteiger partial charge on any atom is 0.224 e. The van der Waals surface area contributed by atoms with Crippen LogP contribution < -0.4 is 5.32 Å². The van der Waals surface area contributed by atoms with Crippen LogP contribution in [0.1, 0.15) is 30.0 Å². The first-order valence-corrected chi connectivity index (χ1v) is 10.3. The van der Waals surface area contributed by atoms with Crippen molar-refractivity contribution in [1.82, 2.24) is 10.2 Å². The van der Waals surface area contributed by atoms with E-state index in [2.05, 4.69) is 52.7 Å². The minimum Gasteiger partial charge on any atom is -0.354 e. The van der Waals surface area contributed by atoms with Crippen LogP contribution in [0.4, 0.5) is 0 Å². The first kappa shape index (κ1) is 19.0. The molecule has 1 saturated heterocycles. The molecule has 1 heterocycles. The van der Waals surface area contributed by atoms with Crippen LogP contribution in [0.2, 0.25) is 5.02 Å². The number of amides is 1. The van der Waals surface area contributed by atoms with Crippen molar-refractivity contribution in [2.75, 3.05) is 19.6 Å². The molecule has 1 fully saturated rings. The van der Waals surface area contributed by atoms with Crippen molar-refractivity contribution in [1.29, 1.82) is 0 Å². The zero-order valence-corrected chi connectivity index (χ0v) is 16.7. The second kappa shape index (κ2) is 8.76. The van der Waals surface area contributed by atoms with Crippen LogP contribution in [-0.2, 0) is 11.2 Å². The molecule has 0 saturated carbocycles. The van der Waals surface area contributed by atoms with E-state index < -0.39 is 0 Å². The van der Waals surface area contributed by atoms with E-state index >= 15 is 0 Å². The Morgan fingerprint density at radius 3 is 2.46 bits per heavy atom. The summed E-state index contributed by atoms with van der Waals surface area (Å²) in [5.74, 6) is 0.0479. The van der Waals surface area contributed by atoms with Gasteiger partial charge in [0, 0.05) is 11.6 Å². The molecule has 0 radical (unpaired) electrons. The summed E-state index contributed by atoms with van der Waals surface area (Å²) in [4.78, 5) is 15.1. The lowest BCUT2D eigenvalue weighted by Gasteiger charge is -2.29. The Morgan fingerprint density at radius 2 is 1.68 bits per heavy atom. The molecule has 0 aromatic heterocycles. The van der Waals surface area contributed by atoms with E-state index in [1.165, 1.54) is 29.2 Å². The number of fused-ring (bicyclic) bond motifs is 1. The number of halogens is 1. The molecule has 0 aliphatic carbocycles. The number of nitrogens with zero attached hydrogens (tertiary/aromatic N) is 1. The van der Waals surface area contributed by atoms with Gasteiger partial charge in [0.15, 0.2) is 0 Å². The van der Waals surface area contributed by atoms with Crippen molar-refractivity contribution < 1.29 is 4.79 Å². The molecule has 0 unspecified atom stereocenters. The summed E-state index contributed by atoms with van der Waals surface area (Å²) in [6.07, 6.45) is 2.82. The molecule has 144 valence electrons. The van der Waals surface area contributed by atoms with Crippen molar-refractivity contribution in [2.24, 2.45) is 0 Å². The maximum atomic E-state index is 12.5. The van der Waals surface area contributed by atoms with Gasteiger partial charge in [-0.3, -0.25) is 9.69 Å². The summed E-state index contributed by atoms with van der Waals surface area (Å²) in [7, 11) is 0. The molecule has 3 aromatic rings. The second-order valence-corrected chi connectivity index (χ2v) is 7.87. The molecular weight excluding hydrogens is 368 g/mol. The molecule has 3 aromatic carbocycles. The summed E-state index contributed by atoms with van der Waals surface area (Å²) in [5.41, 5.74) is 2.27. The van der Waals surface area contributed by atoms with Gasteiger partial charge in [0.2, 0.25) is 5.91 Å². The highest BCUT2D eigenvalue weighted by atomic mass is 35.5. The smallest absolute Gasteiger partial charge is 0.224 e. The van der Waals surface area contributed by atoms with Gasteiger partial charge in [0.05, 0.1) is 12.5 Å². The topological polar surface area (TPSA) is 32.3 Å². The van der Waals surface area contributed by atoms with E-state index in [4.69, 9.17) is 11.6 Å². The molecule has 1 N–H and O–H groups in total. The standard InChI is InChI=1S/C24H25ClN2O/c25-20-12-10-18(11-13-20)16-24(28)26-17-23(27-14-3-4-15-27)22-9-5-7-19-6-1-2-8-21(19)22/h1-2,5-13,23H,3-4,14-17H2,(H,26,28)/t23-/m1/s1. The minimum absolute atomic E-state index is 0.0479. The Kier molecular flexibility index (Phi) is 5.94. The predicted octanol–water partition coefficient (Wildman–Crippen LogP) is 4.99. The molecule has 1 amide bonds. The molecule has 28 heavy (non-hydrogen) atoms. The molecule has 0 spiro atoms. The Labute approximate surface area is 171 Å². The zero-order chi connectivity index (χ0) is 19.3. The number of nitrogens with one attached hydrogen (secondary N) is 1. The fraction of sp³-hybridized carbons (Fsp3) is 0.292. The van der Waals surface area contributed by atoms with Crippen LogP contribution >= 0.6 is 11.6 Å². The Bertz CT molecular complexity index is 943. The van der Waals surface area contributed by atoms with Crippen molar-refractivity contribution in [2.45, 2.75) is 25.3 Å². The molecule has 4 heteroatoms. The number of hydrogen-bond acceptors (Lipinski definition) is 2. The summed E-state index contributed by atoms with van der Waals surface area (Å²) in [6.45, 7) is 2.79. The minimum atomic E-state index is 0.0479. The number of hydrogen-bond donors (Lipinski definition) is 1. The summed E-state index contributed by atoms with van der Waals surface area (Å²) < 4.78 is 0. The van der Waals surface area contributed by atoms with Gasteiger partial charge >= 0.3 is 0 Å². The van der Waals surface area contributed by atoms with Gasteiger partial charge in [0.25, 0.3) is 0 Å². The molecular formula is C24H25ClN2O. The maximum absolute atomic E-state index is 12.5. The number of rotatable bonds is 6. The first-order chi connectivity index (χ1) is 13.7. The van der Waals surface area contributed by atoms with Crippen molar-refractivity contribution in [3.05, 3.63) is 82.9 Å². The average molecular weight is 393 g/mol. The van der Waals surface area contributed by atoms with E-state index in [1.807, 2.05) is 24.3 Å². The third-order valence-electron chi connectivity index (χ3n) is 5.53. The third kappa shape index (κ3) is 4.37. The average Bonchev–Trinajstić information content (AvgIpc) is 3.25. The highest BCUT2D eigenvalue weighted by molar-refractivity contribution is 6.30. The van der Waals surface area contributed by atoms with Crippen molar-refractivity contribution >= 4 is 28.3 Å². The zero-order valence-electron chi connectivity index (χ0n) is 15.9. The molecule has 1 aliphatic heterocycles. The van der Waals surface area contributed by atoms with Gasteiger partial charge in [-0.1, -0.05) is 66.2 Å². The van der Waals surface area contributed by atoms with Crippen molar-refractivity contribution in [3.8, 4) is 0 Å². The van der Waals surface area contributed by atoms with E-state index in [-0.39, 0.29) is 11.9 Å². The van der Waals surface area contributed by atoms with Crippen LogP contribution in [0.5, 0.6) is 0 Å². The fourth-order valence-electron chi connectivity index (χ4n) is 4.09. The SMILES string of the molecule is O=C(Cc1ccc(Cl)cc1)NC[C@H](c1cccc2ccccc12)N1CCCC1. The number of benzene rings is 3.